The third kappa shape index (κ3) is 2.51. The summed E-state index contributed by atoms with van der Waals surface area (Å²) >= 11 is 0. The van der Waals surface area contributed by atoms with Gasteiger partial charge in [0.25, 0.3) is 0 Å². The van der Waals surface area contributed by atoms with Crippen molar-refractivity contribution in [3.05, 3.63) is 34.4 Å². The van der Waals surface area contributed by atoms with Crippen molar-refractivity contribution in [2.24, 2.45) is 5.73 Å². The van der Waals surface area contributed by atoms with Crippen molar-refractivity contribution in [1.29, 1.82) is 0 Å². The quantitative estimate of drug-likeness (QED) is 0.460. The molecule has 0 radical (unpaired) electrons. The first-order valence-corrected chi connectivity index (χ1v) is 4.76. The van der Waals surface area contributed by atoms with E-state index >= 15 is 0 Å². The average Bonchev–Trinajstić information content (AvgIpc) is 2.17. The molecule has 0 aromatic heterocycles. The van der Waals surface area contributed by atoms with Crippen LogP contribution in [0.1, 0.15) is 0 Å². The molecule has 0 aliphatic heterocycles. The van der Waals surface area contributed by atoms with Crippen LogP contribution in [-0.4, -0.2) is 32.1 Å². The summed E-state index contributed by atoms with van der Waals surface area (Å²) in [4.78, 5) is 10.5. The van der Waals surface area contributed by atoms with E-state index in [1.54, 1.807) is 18.2 Å². The summed E-state index contributed by atoms with van der Waals surface area (Å²) in [5, 5.41) is 10.8. The van der Waals surface area contributed by atoms with E-state index in [1.807, 2.05) is 14.1 Å². The highest BCUT2D eigenvalue weighted by atomic mass is 16.6. The second kappa shape index (κ2) is 4.37. The Morgan fingerprint density at radius 3 is 2.53 bits per heavy atom. The van der Waals surface area contributed by atoms with Crippen molar-refractivity contribution >= 4 is 11.4 Å². The van der Waals surface area contributed by atoms with E-state index in [0.29, 0.717) is 23.3 Å². The number of nitro benzene ring substituents is 1. The number of nitrogens with two attached hydrogens (primary N) is 1. The van der Waals surface area contributed by atoms with Gasteiger partial charge in [-0.2, -0.15) is 0 Å². The molecule has 1 aromatic rings. The van der Waals surface area contributed by atoms with E-state index in [2.05, 4.69) is 0 Å². The molecule has 2 N–H and O–H groups in total. The van der Waals surface area contributed by atoms with Gasteiger partial charge in [-0.25, -0.2) is 0 Å². The molecule has 0 saturated carbocycles. The molecule has 0 bridgehead atoms. The molecular weight excluding hydrogens is 194 g/mol. The lowest BCUT2D eigenvalue weighted by Crippen LogP contribution is -2.44. The minimum atomic E-state index is -0.355. The molecule has 0 amide bonds. The van der Waals surface area contributed by atoms with Gasteiger partial charge in [-0.1, -0.05) is 12.1 Å². The molecule has 0 saturated heterocycles. The zero-order valence-corrected chi connectivity index (χ0v) is 9.01. The summed E-state index contributed by atoms with van der Waals surface area (Å²) in [6.45, 7) is 1.17. The maximum absolute atomic E-state index is 10.8. The van der Waals surface area contributed by atoms with E-state index in [1.165, 1.54) is 6.07 Å². The number of hydrogen-bond donors (Lipinski definition) is 1. The Morgan fingerprint density at radius 2 is 2.00 bits per heavy atom. The molecular formula is C10H16N3O2+. The number of rotatable bonds is 4. The maximum atomic E-state index is 10.8. The van der Waals surface area contributed by atoms with Gasteiger partial charge in [0.05, 0.1) is 25.6 Å². The molecule has 1 aromatic carbocycles. The zero-order valence-electron chi connectivity index (χ0n) is 9.01. The molecule has 0 fully saturated rings. The van der Waals surface area contributed by atoms with Gasteiger partial charge in [0.15, 0.2) is 0 Å². The molecule has 0 spiro atoms. The second-order valence-corrected chi connectivity index (χ2v) is 3.94. The fourth-order valence-electron chi connectivity index (χ4n) is 1.57. The SMILES string of the molecule is C[N+](C)(CCN)c1ccccc1[N+](=O)[O-]. The summed E-state index contributed by atoms with van der Waals surface area (Å²) in [7, 11) is 3.82. The molecule has 15 heavy (non-hydrogen) atoms. The number of quaternary nitrogens is 1. The van der Waals surface area contributed by atoms with Gasteiger partial charge in [0, 0.05) is 18.7 Å². The third-order valence-corrected chi connectivity index (χ3v) is 2.42. The van der Waals surface area contributed by atoms with Gasteiger partial charge < -0.3 is 5.73 Å². The zero-order chi connectivity index (χ0) is 11.5. The van der Waals surface area contributed by atoms with E-state index in [-0.39, 0.29) is 10.6 Å². The Labute approximate surface area is 88.9 Å². The third-order valence-electron chi connectivity index (χ3n) is 2.42. The van der Waals surface area contributed by atoms with Crippen LogP contribution in [0, 0.1) is 10.1 Å². The summed E-state index contributed by atoms with van der Waals surface area (Å²) in [6, 6.07) is 6.77. The van der Waals surface area contributed by atoms with Gasteiger partial charge in [0.2, 0.25) is 5.69 Å². The molecule has 82 valence electrons. The van der Waals surface area contributed by atoms with Gasteiger partial charge in [-0.15, -0.1) is 0 Å². The Kier molecular flexibility index (Phi) is 3.39. The van der Waals surface area contributed by atoms with Crippen LogP contribution in [0.15, 0.2) is 24.3 Å². The van der Waals surface area contributed by atoms with Gasteiger partial charge in [-0.3, -0.25) is 14.6 Å². The summed E-state index contributed by atoms with van der Waals surface area (Å²) in [5.74, 6) is 0. The van der Waals surface area contributed by atoms with E-state index in [4.69, 9.17) is 5.73 Å². The van der Waals surface area contributed by atoms with E-state index < -0.39 is 0 Å². The van der Waals surface area contributed by atoms with Gasteiger partial charge >= 0.3 is 5.69 Å². The summed E-state index contributed by atoms with van der Waals surface area (Å²) in [5.41, 5.74) is 6.33. The Hall–Kier alpha value is -1.46. The number of nitrogens with zero attached hydrogens (tertiary/aromatic N) is 2. The fraction of sp³-hybridized carbons (Fsp3) is 0.400. The largest absolute Gasteiger partial charge is 0.329 e. The van der Waals surface area contributed by atoms with Crippen molar-refractivity contribution in [3.8, 4) is 0 Å². The average molecular weight is 210 g/mol. The number of hydrogen-bond acceptors (Lipinski definition) is 3. The number of likely N-dealkylation sites (N-methyl/N-ethyl adjacent to an activating group) is 1. The molecule has 0 atom stereocenters. The predicted octanol–water partition coefficient (Wildman–Crippen LogP) is 1.12. The normalized spacial score (nSPS) is 11.4. The molecule has 0 aliphatic carbocycles. The van der Waals surface area contributed by atoms with Gasteiger partial charge in [-0.05, 0) is 0 Å². The Bertz CT molecular complexity index is 363. The Morgan fingerprint density at radius 1 is 1.40 bits per heavy atom. The molecule has 0 aliphatic rings. The minimum Gasteiger partial charge on any atom is -0.326 e. The first-order chi connectivity index (χ1) is 6.99. The second-order valence-electron chi connectivity index (χ2n) is 3.94. The van der Waals surface area contributed by atoms with Crippen LogP contribution in [0.25, 0.3) is 0 Å². The lowest BCUT2D eigenvalue weighted by molar-refractivity contribution is -0.384. The van der Waals surface area contributed by atoms with Crippen molar-refractivity contribution in [3.63, 3.8) is 0 Å². The van der Waals surface area contributed by atoms with Crippen molar-refractivity contribution < 1.29 is 4.92 Å². The van der Waals surface area contributed by atoms with Crippen LogP contribution < -0.4 is 10.2 Å². The van der Waals surface area contributed by atoms with Crippen LogP contribution in [0.5, 0.6) is 0 Å². The smallest absolute Gasteiger partial charge is 0.326 e. The molecule has 1 rings (SSSR count). The summed E-state index contributed by atoms with van der Waals surface area (Å²) in [6.07, 6.45) is 0. The fourth-order valence-corrected chi connectivity index (χ4v) is 1.57. The predicted molar refractivity (Wildman–Crippen MR) is 60.7 cm³/mol. The van der Waals surface area contributed by atoms with Crippen LogP contribution in [0.2, 0.25) is 0 Å². The summed E-state index contributed by atoms with van der Waals surface area (Å²) < 4.78 is 0.424. The number of nitro groups is 1. The monoisotopic (exact) mass is 210 g/mol. The van der Waals surface area contributed by atoms with Crippen LogP contribution in [0.4, 0.5) is 11.4 Å². The van der Waals surface area contributed by atoms with Crippen molar-refractivity contribution in [2.45, 2.75) is 0 Å². The first-order valence-electron chi connectivity index (χ1n) is 4.76. The topological polar surface area (TPSA) is 69.2 Å². The van der Waals surface area contributed by atoms with E-state index in [9.17, 15) is 10.1 Å². The highest BCUT2D eigenvalue weighted by Gasteiger charge is 2.27. The number of benzene rings is 1. The first kappa shape index (κ1) is 11.6. The van der Waals surface area contributed by atoms with E-state index in [0.717, 1.165) is 0 Å². The molecule has 0 heterocycles. The number of para-hydroxylation sites is 2. The highest BCUT2D eigenvalue weighted by Crippen LogP contribution is 2.29. The lowest BCUT2D eigenvalue weighted by atomic mass is 10.2. The van der Waals surface area contributed by atoms with Crippen LogP contribution in [0.3, 0.4) is 0 Å². The lowest BCUT2D eigenvalue weighted by Gasteiger charge is -2.27. The minimum absolute atomic E-state index is 0.149. The maximum Gasteiger partial charge on any atom is 0.329 e. The van der Waals surface area contributed by atoms with Gasteiger partial charge in [0.1, 0.15) is 0 Å². The molecule has 5 heteroatoms. The Balaban J connectivity index is 3.18. The van der Waals surface area contributed by atoms with Crippen molar-refractivity contribution in [1.82, 2.24) is 4.48 Å². The van der Waals surface area contributed by atoms with Crippen LogP contribution in [-0.2, 0) is 0 Å². The molecule has 0 unspecified atom stereocenters. The van der Waals surface area contributed by atoms with Crippen molar-refractivity contribution in [2.75, 3.05) is 27.2 Å². The molecule has 5 nitrogen and oxygen atoms in total. The van der Waals surface area contributed by atoms with Crippen LogP contribution >= 0.6 is 0 Å². The highest BCUT2D eigenvalue weighted by molar-refractivity contribution is 5.59. The standard InChI is InChI=1S/C10H16N3O2/c1-13(2,8-7-11)10-6-4-3-5-9(10)12(14)15/h3-6H,7-8,11H2,1-2H3/q+1.